The molecule has 41 heavy (non-hydrogen) atoms. The van der Waals surface area contributed by atoms with Crippen LogP contribution in [-0.4, -0.2) is 66.8 Å². The molecule has 13 heteroatoms. The Morgan fingerprint density at radius 2 is 1.71 bits per heavy atom. The van der Waals surface area contributed by atoms with Crippen LogP contribution in [0.5, 0.6) is 0 Å². The molecule has 1 aliphatic carbocycles. The molecule has 2 aliphatic rings. The molecule has 224 valence electrons. The number of carbonyl (C=O) groups is 2. The van der Waals surface area contributed by atoms with Crippen molar-refractivity contribution in [3.8, 4) is 0 Å². The fourth-order valence-corrected chi connectivity index (χ4v) is 5.36. The number of amides is 2. The average molecular weight is 603 g/mol. The Hall–Kier alpha value is -2.96. The molecule has 1 aliphatic heterocycles. The Bertz CT molecular complexity index is 1250. The summed E-state index contributed by atoms with van der Waals surface area (Å²) in [5, 5.41) is 15.5. The lowest BCUT2D eigenvalue weighted by atomic mass is 9.86. The number of hydrogen-bond donors (Lipinski definition) is 3. The van der Waals surface area contributed by atoms with Crippen molar-refractivity contribution in [1.29, 1.82) is 0 Å². The lowest BCUT2D eigenvalue weighted by molar-refractivity contribution is -0.138. The van der Waals surface area contributed by atoms with Crippen LogP contribution >= 0.6 is 11.6 Å². The number of carbonyl (C=O) groups excluding carboxylic acids is 2. The second-order valence-corrected chi connectivity index (χ2v) is 10.8. The normalized spacial score (nSPS) is 20.1. The summed E-state index contributed by atoms with van der Waals surface area (Å²) in [5.41, 5.74) is 0.100. The number of rotatable bonds is 8. The van der Waals surface area contributed by atoms with Gasteiger partial charge in [0.1, 0.15) is 0 Å². The van der Waals surface area contributed by atoms with Crippen LogP contribution < -0.4 is 15.5 Å². The van der Waals surface area contributed by atoms with Gasteiger partial charge in [-0.1, -0.05) is 30.5 Å². The van der Waals surface area contributed by atoms with Gasteiger partial charge in [0.15, 0.2) is 11.6 Å². The minimum Gasteiger partial charge on any atom is -0.392 e. The van der Waals surface area contributed by atoms with Gasteiger partial charge in [0, 0.05) is 49.9 Å². The van der Waals surface area contributed by atoms with Crippen molar-refractivity contribution in [3.05, 3.63) is 58.1 Å². The maximum Gasteiger partial charge on any atom is 0.390 e. The smallest absolute Gasteiger partial charge is 0.390 e. The summed E-state index contributed by atoms with van der Waals surface area (Å²) in [7, 11) is 0. The molecule has 2 aromatic rings. The summed E-state index contributed by atoms with van der Waals surface area (Å²) >= 11 is 6.16. The zero-order chi connectivity index (χ0) is 29.7. The van der Waals surface area contributed by atoms with Crippen LogP contribution in [0.2, 0.25) is 5.02 Å². The van der Waals surface area contributed by atoms with Gasteiger partial charge in [0.05, 0.1) is 35.4 Å². The molecular weight excluding hydrogens is 571 g/mol. The maximum absolute atomic E-state index is 15.0. The fraction of sp³-hybridized carbons (Fsp3) is 0.500. The molecule has 2 amide bonds. The molecule has 0 radical (unpaired) electrons. The van der Waals surface area contributed by atoms with Gasteiger partial charge in [-0.3, -0.25) is 14.5 Å². The van der Waals surface area contributed by atoms with Crippen LogP contribution in [0.4, 0.5) is 33.3 Å². The Kier molecular flexibility index (Phi) is 10.1. The number of piperazine rings is 1. The maximum atomic E-state index is 15.0. The van der Waals surface area contributed by atoms with E-state index in [2.05, 4.69) is 10.6 Å². The highest BCUT2D eigenvalue weighted by Crippen LogP contribution is 2.32. The quantitative estimate of drug-likeness (QED) is 0.366. The van der Waals surface area contributed by atoms with E-state index in [1.807, 2.05) is 4.90 Å². The molecule has 1 saturated heterocycles. The SMILES string of the molecule is O=C(Nc1ccc(Cl)cc1N1CCN(CCC(F)(F)F)CC1)c1ccc(CNC(=O)C2CCCCC2O)c(F)c1F. The Labute approximate surface area is 239 Å². The highest BCUT2D eigenvalue weighted by Gasteiger charge is 2.31. The monoisotopic (exact) mass is 602 g/mol. The van der Waals surface area contributed by atoms with Crippen molar-refractivity contribution in [2.24, 2.45) is 5.92 Å². The van der Waals surface area contributed by atoms with Crippen molar-refractivity contribution in [2.45, 2.75) is 50.9 Å². The van der Waals surface area contributed by atoms with E-state index >= 15 is 0 Å². The van der Waals surface area contributed by atoms with Crippen molar-refractivity contribution >= 4 is 34.8 Å². The first-order chi connectivity index (χ1) is 19.4. The third-order valence-electron chi connectivity index (χ3n) is 7.56. The molecular formula is C28H32ClF5N4O3. The van der Waals surface area contributed by atoms with Crippen molar-refractivity contribution in [1.82, 2.24) is 10.2 Å². The van der Waals surface area contributed by atoms with Crippen LogP contribution in [0, 0.1) is 17.6 Å². The van der Waals surface area contributed by atoms with Crippen molar-refractivity contribution in [2.75, 3.05) is 42.9 Å². The third-order valence-corrected chi connectivity index (χ3v) is 7.79. The number of aliphatic hydroxyl groups is 1. The lowest BCUT2D eigenvalue weighted by Crippen LogP contribution is -2.47. The van der Waals surface area contributed by atoms with E-state index in [0.29, 0.717) is 49.7 Å². The number of nitrogens with one attached hydrogen (secondary N) is 2. The van der Waals surface area contributed by atoms with Crippen LogP contribution in [0.15, 0.2) is 30.3 Å². The van der Waals surface area contributed by atoms with E-state index in [0.717, 1.165) is 18.9 Å². The molecule has 2 fully saturated rings. The highest BCUT2D eigenvalue weighted by molar-refractivity contribution is 6.31. The van der Waals surface area contributed by atoms with Crippen LogP contribution in [0.3, 0.4) is 0 Å². The van der Waals surface area contributed by atoms with Gasteiger partial charge in [-0.25, -0.2) is 8.78 Å². The Morgan fingerprint density at radius 3 is 2.39 bits per heavy atom. The fourth-order valence-electron chi connectivity index (χ4n) is 5.19. The number of nitrogens with zero attached hydrogens (tertiary/aromatic N) is 2. The second kappa shape index (κ2) is 13.3. The van der Waals surface area contributed by atoms with E-state index < -0.39 is 53.6 Å². The number of alkyl halides is 3. The summed E-state index contributed by atoms with van der Waals surface area (Å²) in [5.74, 6) is -4.59. The molecule has 4 rings (SSSR count). The number of benzene rings is 2. The number of anilines is 2. The van der Waals surface area contributed by atoms with Crippen molar-refractivity contribution in [3.63, 3.8) is 0 Å². The summed E-state index contributed by atoms with van der Waals surface area (Å²) in [6.45, 7) is 1.08. The van der Waals surface area contributed by atoms with Gasteiger partial charge in [0.2, 0.25) is 5.91 Å². The van der Waals surface area contributed by atoms with E-state index in [4.69, 9.17) is 11.6 Å². The summed E-state index contributed by atoms with van der Waals surface area (Å²) in [4.78, 5) is 29.0. The molecule has 1 saturated carbocycles. The molecule has 2 aromatic carbocycles. The van der Waals surface area contributed by atoms with Crippen LogP contribution in [0.25, 0.3) is 0 Å². The first kappa shape index (κ1) is 31.0. The van der Waals surface area contributed by atoms with Gasteiger partial charge >= 0.3 is 6.18 Å². The minimum absolute atomic E-state index is 0.108. The van der Waals surface area contributed by atoms with Gasteiger partial charge in [-0.2, -0.15) is 13.2 Å². The van der Waals surface area contributed by atoms with E-state index in [9.17, 15) is 36.6 Å². The van der Waals surface area contributed by atoms with Crippen LogP contribution in [0.1, 0.15) is 48.0 Å². The van der Waals surface area contributed by atoms with Crippen molar-refractivity contribution < 1.29 is 36.6 Å². The number of aliphatic hydroxyl groups excluding tert-OH is 1. The number of hydrogen-bond acceptors (Lipinski definition) is 5. The molecule has 2 unspecified atom stereocenters. The lowest BCUT2D eigenvalue weighted by Gasteiger charge is -2.37. The zero-order valence-corrected chi connectivity index (χ0v) is 23.0. The molecule has 0 bridgehead atoms. The molecule has 0 aromatic heterocycles. The third kappa shape index (κ3) is 8.08. The second-order valence-electron chi connectivity index (χ2n) is 10.4. The van der Waals surface area contributed by atoms with Gasteiger partial charge in [0.25, 0.3) is 5.91 Å². The molecule has 7 nitrogen and oxygen atoms in total. The van der Waals surface area contributed by atoms with E-state index in [1.165, 1.54) is 18.2 Å². The first-order valence-electron chi connectivity index (χ1n) is 13.5. The van der Waals surface area contributed by atoms with Gasteiger partial charge in [-0.05, 0) is 37.1 Å². The summed E-state index contributed by atoms with van der Waals surface area (Å²) in [6.07, 6.45) is -3.25. The molecule has 1 heterocycles. The average Bonchev–Trinajstić information content (AvgIpc) is 2.93. The van der Waals surface area contributed by atoms with E-state index in [-0.39, 0.29) is 24.3 Å². The molecule has 0 spiro atoms. The largest absolute Gasteiger partial charge is 0.392 e. The van der Waals surface area contributed by atoms with Gasteiger partial charge < -0.3 is 20.6 Å². The minimum atomic E-state index is -4.24. The molecule has 2 atom stereocenters. The number of halogens is 6. The standard InChI is InChI=1S/C28H32ClF5N4O3/c29-18-6-8-21(22(15-18)38-13-11-37(12-14-38)10-9-28(32,33)34)36-27(41)20-7-5-17(24(30)25(20)31)16-35-26(40)19-3-1-2-4-23(19)39/h5-8,15,19,23,39H,1-4,9-14,16H2,(H,35,40)(H,36,41). The first-order valence-corrected chi connectivity index (χ1v) is 13.9. The Balaban J connectivity index is 1.41. The topological polar surface area (TPSA) is 84.9 Å². The molecule has 3 N–H and O–H groups in total. The zero-order valence-electron chi connectivity index (χ0n) is 22.2. The summed E-state index contributed by atoms with van der Waals surface area (Å²) in [6, 6.07) is 6.97. The summed E-state index contributed by atoms with van der Waals surface area (Å²) < 4.78 is 67.6. The highest BCUT2D eigenvalue weighted by atomic mass is 35.5. The Morgan fingerprint density at radius 1 is 1.00 bits per heavy atom. The van der Waals surface area contributed by atoms with Crippen LogP contribution in [-0.2, 0) is 11.3 Å². The predicted molar refractivity (Wildman–Crippen MR) is 145 cm³/mol. The van der Waals surface area contributed by atoms with E-state index in [1.54, 1.807) is 11.0 Å². The predicted octanol–water partition coefficient (Wildman–Crippen LogP) is 5.11. The van der Waals surface area contributed by atoms with Gasteiger partial charge in [-0.15, -0.1) is 0 Å².